The van der Waals surface area contributed by atoms with Crippen LogP contribution in [0.1, 0.15) is 15.9 Å². The third-order valence-electron chi connectivity index (χ3n) is 4.72. The second kappa shape index (κ2) is 5.46. The fourth-order valence-electron chi connectivity index (χ4n) is 3.53. The molecule has 26 heavy (non-hydrogen) atoms. The van der Waals surface area contributed by atoms with Gasteiger partial charge in [-0.15, -0.1) is 0 Å². The van der Waals surface area contributed by atoms with E-state index in [1.165, 1.54) is 0 Å². The molecule has 5 rings (SSSR count). The maximum atomic E-state index is 13.3. The molecule has 1 aromatic heterocycles. The van der Waals surface area contributed by atoms with Gasteiger partial charge in [-0.05, 0) is 18.2 Å². The molecule has 0 unspecified atom stereocenters. The van der Waals surface area contributed by atoms with Crippen LogP contribution in [0.25, 0.3) is 22.2 Å². The van der Waals surface area contributed by atoms with Gasteiger partial charge in [-0.25, -0.2) is 0 Å². The van der Waals surface area contributed by atoms with Crippen molar-refractivity contribution in [1.82, 2.24) is 5.16 Å². The van der Waals surface area contributed by atoms with Crippen molar-refractivity contribution in [1.29, 1.82) is 0 Å². The highest BCUT2D eigenvalue weighted by atomic mass is 16.5. The van der Waals surface area contributed by atoms with Crippen molar-refractivity contribution in [2.75, 3.05) is 17.7 Å². The Balaban J connectivity index is 1.83. The SMILES string of the molecule is CNc1cc(Nc2ccccc2)c2c3c(onc13)-c1ccccc1C2=O. The molecule has 4 aromatic rings. The Labute approximate surface area is 149 Å². The molecular formula is C21H15N3O2. The van der Waals surface area contributed by atoms with Crippen LogP contribution in [0.4, 0.5) is 17.1 Å². The quantitative estimate of drug-likeness (QED) is 0.492. The summed E-state index contributed by atoms with van der Waals surface area (Å²) in [5.74, 6) is 0.612. The molecule has 2 N–H and O–H groups in total. The summed E-state index contributed by atoms with van der Waals surface area (Å²) in [6.07, 6.45) is 0. The van der Waals surface area contributed by atoms with Crippen LogP contribution in [-0.2, 0) is 0 Å². The summed E-state index contributed by atoms with van der Waals surface area (Å²) >= 11 is 0. The number of carbonyl (C=O) groups is 1. The summed E-state index contributed by atoms with van der Waals surface area (Å²) in [7, 11) is 1.83. The molecule has 0 atom stereocenters. The van der Waals surface area contributed by atoms with E-state index in [0.29, 0.717) is 22.4 Å². The van der Waals surface area contributed by atoms with Crippen LogP contribution in [0.3, 0.4) is 0 Å². The van der Waals surface area contributed by atoms with Gasteiger partial charge < -0.3 is 15.2 Å². The standard InChI is InChI=1S/C21H15N3O2/c1-22-16-11-15(23-12-7-3-2-4-8-12)17-18-19(16)24-26-21(18)14-10-6-5-9-13(14)20(17)25/h2-11,22-23H,1H3. The van der Waals surface area contributed by atoms with E-state index in [1.54, 1.807) is 0 Å². The van der Waals surface area contributed by atoms with Gasteiger partial charge in [-0.2, -0.15) is 0 Å². The number of fused-ring (bicyclic) bond motifs is 2. The van der Waals surface area contributed by atoms with E-state index < -0.39 is 0 Å². The van der Waals surface area contributed by atoms with Gasteiger partial charge in [0, 0.05) is 23.9 Å². The summed E-state index contributed by atoms with van der Waals surface area (Å²) in [6, 6.07) is 19.2. The van der Waals surface area contributed by atoms with E-state index in [4.69, 9.17) is 4.52 Å². The van der Waals surface area contributed by atoms with E-state index in [9.17, 15) is 4.79 Å². The summed E-state index contributed by atoms with van der Waals surface area (Å²) in [5, 5.41) is 11.5. The van der Waals surface area contributed by atoms with Crippen LogP contribution in [0.15, 0.2) is 65.2 Å². The number of nitrogens with zero attached hydrogens (tertiary/aromatic N) is 1. The van der Waals surface area contributed by atoms with Crippen LogP contribution >= 0.6 is 0 Å². The molecule has 0 aliphatic heterocycles. The number of ketones is 1. The number of hydrogen-bond donors (Lipinski definition) is 2. The van der Waals surface area contributed by atoms with Gasteiger partial charge in [-0.1, -0.05) is 47.6 Å². The Morgan fingerprint density at radius 2 is 1.65 bits per heavy atom. The van der Waals surface area contributed by atoms with Crippen LogP contribution in [0.2, 0.25) is 0 Å². The average molecular weight is 341 g/mol. The molecular weight excluding hydrogens is 326 g/mol. The number of benzene rings is 3. The first-order valence-electron chi connectivity index (χ1n) is 8.38. The van der Waals surface area contributed by atoms with Crippen LogP contribution < -0.4 is 10.6 Å². The number of aromatic nitrogens is 1. The maximum Gasteiger partial charge on any atom is 0.196 e. The first kappa shape index (κ1) is 14.7. The minimum Gasteiger partial charge on any atom is -0.386 e. The van der Waals surface area contributed by atoms with E-state index >= 15 is 0 Å². The zero-order valence-electron chi connectivity index (χ0n) is 14.0. The molecule has 0 amide bonds. The molecule has 0 bridgehead atoms. The number of para-hydroxylation sites is 1. The molecule has 1 aliphatic carbocycles. The normalized spacial score (nSPS) is 12.1. The Morgan fingerprint density at radius 3 is 2.42 bits per heavy atom. The highest BCUT2D eigenvalue weighted by molar-refractivity contribution is 6.28. The Hall–Kier alpha value is -3.60. The van der Waals surface area contributed by atoms with E-state index in [-0.39, 0.29) is 5.78 Å². The molecule has 3 aromatic carbocycles. The van der Waals surface area contributed by atoms with Gasteiger partial charge in [0.15, 0.2) is 11.5 Å². The summed E-state index contributed by atoms with van der Waals surface area (Å²) in [5.41, 5.74) is 5.13. The molecule has 126 valence electrons. The minimum atomic E-state index is -0.0256. The number of carbonyl (C=O) groups excluding carboxylic acids is 1. The topological polar surface area (TPSA) is 67.2 Å². The summed E-state index contributed by atoms with van der Waals surface area (Å²) < 4.78 is 5.65. The van der Waals surface area contributed by atoms with Crippen LogP contribution in [0, 0.1) is 0 Å². The smallest absolute Gasteiger partial charge is 0.196 e. The fraction of sp³-hybridized carbons (Fsp3) is 0.0476. The second-order valence-electron chi connectivity index (χ2n) is 6.20. The first-order valence-corrected chi connectivity index (χ1v) is 8.38. The van der Waals surface area contributed by atoms with E-state index in [2.05, 4.69) is 15.8 Å². The van der Waals surface area contributed by atoms with Gasteiger partial charge in [0.2, 0.25) is 0 Å². The van der Waals surface area contributed by atoms with Crippen molar-refractivity contribution in [3.63, 3.8) is 0 Å². The van der Waals surface area contributed by atoms with Crippen molar-refractivity contribution in [3.8, 4) is 11.3 Å². The lowest BCUT2D eigenvalue weighted by molar-refractivity contribution is 0.104. The lowest BCUT2D eigenvalue weighted by atomic mass is 9.86. The number of rotatable bonds is 3. The zero-order chi connectivity index (χ0) is 17.7. The third kappa shape index (κ3) is 1.97. The zero-order valence-corrected chi connectivity index (χ0v) is 14.0. The molecule has 0 saturated heterocycles. The van der Waals surface area contributed by atoms with Crippen LogP contribution in [-0.4, -0.2) is 18.0 Å². The minimum absolute atomic E-state index is 0.0256. The average Bonchev–Trinajstić information content (AvgIpc) is 3.12. The maximum absolute atomic E-state index is 13.3. The molecule has 0 saturated carbocycles. The Morgan fingerprint density at radius 1 is 0.923 bits per heavy atom. The Kier molecular flexibility index (Phi) is 3.09. The first-order chi connectivity index (χ1) is 12.8. The molecule has 5 heteroatoms. The second-order valence-corrected chi connectivity index (χ2v) is 6.20. The molecule has 0 spiro atoms. The van der Waals surface area contributed by atoms with E-state index in [1.807, 2.05) is 67.7 Å². The Bertz CT molecular complexity index is 1160. The largest absolute Gasteiger partial charge is 0.386 e. The lowest BCUT2D eigenvalue weighted by Gasteiger charge is -2.19. The van der Waals surface area contributed by atoms with Gasteiger partial charge in [0.25, 0.3) is 0 Å². The van der Waals surface area contributed by atoms with Crippen LogP contribution in [0.5, 0.6) is 0 Å². The highest BCUT2D eigenvalue weighted by Gasteiger charge is 2.32. The van der Waals surface area contributed by atoms with Gasteiger partial charge in [0.05, 0.1) is 22.3 Å². The predicted molar refractivity (Wildman–Crippen MR) is 102 cm³/mol. The molecule has 0 radical (unpaired) electrons. The van der Waals surface area contributed by atoms with Crippen molar-refractivity contribution < 1.29 is 9.32 Å². The fourth-order valence-corrected chi connectivity index (χ4v) is 3.53. The number of anilines is 3. The molecule has 1 heterocycles. The van der Waals surface area contributed by atoms with Crippen molar-refractivity contribution in [2.24, 2.45) is 0 Å². The lowest BCUT2D eigenvalue weighted by Crippen LogP contribution is -2.12. The van der Waals surface area contributed by atoms with Crippen molar-refractivity contribution in [2.45, 2.75) is 0 Å². The number of hydrogen-bond acceptors (Lipinski definition) is 5. The van der Waals surface area contributed by atoms with Crippen molar-refractivity contribution >= 4 is 33.7 Å². The predicted octanol–water partition coefficient (Wildman–Crippen LogP) is 4.82. The van der Waals surface area contributed by atoms with Crippen molar-refractivity contribution in [3.05, 3.63) is 71.8 Å². The highest BCUT2D eigenvalue weighted by Crippen LogP contribution is 2.45. The van der Waals surface area contributed by atoms with Gasteiger partial charge >= 0.3 is 0 Å². The van der Waals surface area contributed by atoms with Gasteiger partial charge in [-0.3, -0.25) is 4.79 Å². The molecule has 0 fully saturated rings. The molecule has 5 nitrogen and oxygen atoms in total. The third-order valence-corrected chi connectivity index (χ3v) is 4.72. The molecule has 1 aliphatic rings. The van der Waals surface area contributed by atoms with Gasteiger partial charge in [0.1, 0.15) is 5.52 Å². The summed E-state index contributed by atoms with van der Waals surface area (Å²) in [4.78, 5) is 13.3. The number of nitrogens with one attached hydrogen (secondary N) is 2. The monoisotopic (exact) mass is 341 g/mol. The van der Waals surface area contributed by atoms with E-state index in [0.717, 1.165) is 28.0 Å². The summed E-state index contributed by atoms with van der Waals surface area (Å²) in [6.45, 7) is 0.